The van der Waals surface area contributed by atoms with Crippen LogP contribution in [-0.4, -0.2) is 104 Å². The molecular weight excluding hydrogens is 374 g/mol. The Morgan fingerprint density at radius 2 is 1.90 bits per heavy atom. The molecule has 2 heterocycles. The maximum atomic E-state index is 11.8. The molecule has 2 saturated heterocycles. The fraction of sp³-hybridized carbons (Fsp3) is 0.667. The summed E-state index contributed by atoms with van der Waals surface area (Å²) in [5, 5.41) is 10.2. The minimum atomic E-state index is -0.521. The predicted molar refractivity (Wildman–Crippen MR) is 109 cm³/mol. The number of aliphatic hydroxyl groups is 1. The van der Waals surface area contributed by atoms with Crippen molar-refractivity contribution in [2.45, 2.75) is 19.6 Å². The topological polar surface area (TPSA) is 74.7 Å². The number of carbonyl (C=O) groups is 1. The first kappa shape index (κ1) is 21.8. The van der Waals surface area contributed by atoms with E-state index in [0.29, 0.717) is 26.2 Å². The van der Waals surface area contributed by atoms with Gasteiger partial charge in [0.05, 0.1) is 19.8 Å². The lowest BCUT2D eigenvalue weighted by Crippen LogP contribution is -2.48. The third-order valence-corrected chi connectivity index (χ3v) is 5.22. The highest BCUT2D eigenvalue weighted by molar-refractivity contribution is 5.67. The van der Waals surface area contributed by atoms with E-state index in [9.17, 15) is 9.90 Å². The number of β-amino-alcohol motifs (C(OH)–C–C–N with tert-alkyl or cyclic N) is 1. The molecule has 2 fully saturated rings. The molecule has 0 aliphatic carbocycles. The average molecular weight is 408 g/mol. The van der Waals surface area contributed by atoms with Gasteiger partial charge in [-0.1, -0.05) is 12.1 Å². The molecule has 0 bridgehead atoms. The Morgan fingerprint density at radius 3 is 2.62 bits per heavy atom. The maximum absolute atomic E-state index is 11.8. The summed E-state index contributed by atoms with van der Waals surface area (Å²) < 4.78 is 16.2. The van der Waals surface area contributed by atoms with E-state index in [1.807, 2.05) is 25.1 Å². The maximum Gasteiger partial charge on any atom is 0.409 e. The normalized spacial score (nSPS) is 19.7. The van der Waals surface area contributed by atoms with E-state index >= 15 is 0 Å². The van der Waals surface area contributed by atoms with Gasteiger partial charge in [-0.3, -0.25) is 9.80 Å². The molecule has 0 spiro atoms. The number of ether oxygens (including phenoxy) is 3. The molecule has 2 aliphatic rings. The number of nitrogens with zero attached hydrogens (tertiary/aromatic N) is 3. The molecule has 1 amide bonds. The second kappa shape index (κ2) is 11.3. The molecule has 162 valence electrons. The van der Waals surface area contributed by atoms with Crippen molar-refractivity contribution in [2.24, 2.45) is 0 Å². The van der Waals surface area contributed by atoms with E-state index in [0.717, 1.165) is 57.3 Å². The van der Waals surface area contributed by atoms with E-state index in [4.69, 9.17) is 14.2 Å². The van der Waals surface area contributed by atoms with Gasteiger partial charge in [0.25, 0.3) is 0 Å². The fourth-order valence-electron chi connectivity index (χ4n) is 3.62. The van der Waals surface area contributed by atoms with Crippen LogP contribution in [0, 0.1) is 0 Å². The molecule has 8 heteroatoms. The van der Waals surface area contributed by atoms with Crippen molar-refractivity contribution in [1.29, 1.82) is 0 Å². The highest BCUT2D eigenvalue weighted by Gasteiger charge is 2.22. The molecule has 0 saturated carbocycles. The molecule has 8 nitrogen and oxygen atoms in total. The Labute approximate surface area is 172 Å². The Bertz CT molecular complexity index is 630. The van der Waals surface area contributed by atoms with Gasteiger partial charge in [0.1, 0.15) is 18.5 Å². The second-order valence-corrected chi connectivity index (χ2v) is 7.49. The van der Waals surface area contributed by atoms with Crippen LogP contribution in [0.1, 0.15) is 12.5 Å². The summed E-state index contributed by atoms with van der Waals surface area (Å²) in [5.41, 5.74) is 1.16. The predicted octanol–water partition coefficient (Wildman–Crippen LogP) is 1.03. The van der Waals surface area contributed by atoms with Crippen molar-refractivity contribution < 1.29 is 24.1 Å². The van der Waals surface area contributed by atoms with Crippen molar-refractivity contribution >= 4 is 6.09 Å². The number of morpholine rings is 1. The van der Waals surface area contributed by atoms with E-state index in [2.05, 4.69) is 15.9 Å². The van der Waals surface area contributed by atoms with Gasteiger partial charge in [-0.2, -0.15) is 0 Å². The zero-order valence-corrected chi connectivity index (χ0v) is 17.3. The van der Waals surface area contributed by atoms with E-state index in [1.54, 1.807) is 4.90 Å². The number of carbonyl (C=O) groups excluding carboxylic acids is 1. The highest BCUT2D eigenvalue weighted by atomic mass is 16.6. The van der Waals surface area contributed by atoms with Crippen LogP contribution >= 0.6 is 0 Å². The number of amides is 1. The van der Waals surface area contributed by atoms with Crippen LogP contribution in [0.3, 0.4) is 0 Å². The van der Waals surface area contributed by atoms with Crippen LogP contribution in [0.4, 0.5) is 4.79 Å². The molecule has 1 aromatic carbocycles. The van der Waals surface area contributed by atoms with Gasteiger partial charge in [0, 0.05) is 52.4 Å². The minimum absolute atomic E-state index is 0.224. The molecule has 0 unspecified atom stereocenters. The summed E-state index contributed by atoms with van der Waals surface area (Å²) in [6.45, 7) is 10.1. The van der Waals surface area contributed by atoms with E-state index < -0.39 is 6.10 Å². The summed E-state index contributed by atoms with van der Waals surface area (Å²) in [6, 6.07) is 8.01. The van der Waals surface area contributed by atoms with Gasteiger partial charge in [-0.05, 0) is 24.6 Å². The summed E-state index contributed by atoms with van der Waals surface area (Å²) in [4.78, 5) is 18.1. The number of piperazine rings is 1. The minimum Gasteiger partial charge on any atom is -0.491 e. The quantitative estimate of drug-likeness (QED) is 0.690. The molecule has 1 N–H and O–H groups in total. The molecule has 1 atom stereocenters. The third-order valence-electron chi connectivity index (χ3n) is 5.22. The standard InChI is InChI=1S/C21H33N3O5/c1-2-28-21(26)24-8-6-22(7-9-24)15-18-4-3-5-20(14-18)29-17-19(25)16-23-10-12-27-13-11-23/h3-5,14,19,25H,2,6-13,15-17H2,1H3/t19-/m0/s1. The fourth-order valence-corrected chi connectivity index (χ4v) is 3.62. The van der Waals surface area contributed by atoms with Crippen LogP contribution in [-0.2, 0) is 16.0 Å². The molecule has 3 rings (SSSR count). The van der Waals surface area contributed by atoms with Crippen LogP contribution < -0.4 is 4.74 Å². The van der Waals surface area contributed by atoms with Gasteiger partial charge < -0.3 is 24.2 Å². The summed E-state index contributed by atoms with van der Waals surface area (Å²) in [5.74, 6) is 0.772. The van der Waals surface area contributed by atoms with E-state index in [-0.39, 0.29) is 12.7 Å². The Morgan fingerprint density at radius 1 is 1.14 bits per heavy atom. The Balaban J connectivity index is 1.41. The van der Waals surface area contributed by atoms with E-state index in [1.165, 1.54) is 0 Å². The monoisotopic (exact) mass is 407 g/mol. The number of rotatable bonds is 8. The number of hydrogen-bond acceptors (Lipinski definition) is 7. The first-order valence-corrected chi connectivity index (χ1v) is 10.5. The first-order chi connectivity index (χ1) is 14.1. The van der Waals surface area contributed by atoms with Crippen LogP contribution in [0.5, 0.6) is 5.75 Å². The summed E-state index contributed by atoms with van der Waals surface area (Å²) >= 11 is 0. The van der Waals surface area contributed by atoms with Crippen molar-refractivity contribution in [1.82, 2.24) is 14.7 Å². The van der Waals surface area contributed by atoms with Gasteiger partial charge in [-0.25, -0.2) is 4.79 Å². The molecule has 2 aliphatic heterocycles. The molecular formula is C21H33N3O5. The highest BCUT2D eigenvalue weighted by Crippen LogP contribution is 2.16. The SMILES string of the molecule is CCOC(=O)N1CCN(Cc2cccc(OC[C@@H](O)CN3CCOCC3)c2)CC1. The smallest absolute Gasteiger partial charge is 0.409 e. The Kier molecular flexibility index (Phi) is 8.54. The average Bonchev–Trinajstić information content (AvgIpc) is 2.74. The molecule has 0 aromatic heterocycles. The zero-order chi connectivity index (χ0) is 20.5. The summed E-state index contributed by atoms with van der Waals surface area (Å²) in [6.07, 6.45) is -0.745. The van der Waals surface area contributed by atoms with Crippen molar-refractivity contribution in [3.05, 3.63) is 29.8 Å². The summed E-state index contributed by atoms with van der Waals surface area (Å²) in [7, 11) is 0. The lowest BCUT2D eigenvalue weighted by atomic mass is 10.2. The molecule has 1 aromatic rings. The third kappa shape index (κ3) is 7.15. The van der Waals surface area contributed by atoms with Gasteiger partial charge >= 0.3 is 6.09 Å². The van der Waals surface area contributed by atoms with Crippen molar-refractivity contribution in [3.8, 4) is 5.75 Å². The first-order valence-electron chi connectivity index (χ1n) is 10.5. The van der Waals surface area contributed by atoms with Crippen LogP contribution in [0.25, 0.3) is 0 Å². The largest absolute Gasteiger partial charge is 0.491 e. The molecule has 0 radical (unpaired) electrons. The second-order valence-electron chi connectivity index (χ2n) is 7.49. The van der Waals surface area contributed by atoms with Crippen LogP contribution in [0.2, 0.25) is 0 Å². The van der Waals surface area contributed by atoms with Gasteiger partial charge in [-0.15, -0.1) is 0 Å². The Hall–Kier alpha value is -1.87. The van der Waals surface area contributed by atoms with Gasteiger partial charge in [0.15, 0.2) is 0 Å². The number of hydrogen-bond donors (Lipinski definition) is 1. The zero-order valence-electron chi connectivity index (χ0n) is 17.3. The lowest BCUT2D eigenvalue weighted by Gasteiger charge is -2.34. The van der Waals surface area contributed by atoms with Crippen LogP contribution in [0.15, 0.2) is 24.3 Å². The number of aliphatic hydroxyl groups excluding tert-OH is 1. The van der Waals surface area contributed by atoms with Gasteiger partial charge in [0.2, 0.25) is 0 Å². The van der Waals surface area contributed by atoms with Crippen molar-refractivity contribution in [2.75, 3.05) is 72.2 Å². The number of benzene rings is 1. The lowest BCUT2D eigenvalue weighted by molar-refractivity contribution is 0.00464. The van der Waals surface area contributed by atoms with Crippen molar-refractivity contribution in [3.63, 3.8) is 0 Å². The molecule has 29 heavy (non-hydrogen) atoms.